The van der Waals surface area contributed by atoms with Crippen molar-refractivity contribution < 1.29 is 4.42 Å². The van der Waals surface area contributed by atoms with Crippen LogP contribution in [0, 0.1) is 0 Å². The second kappa shape index (κ2) is 16.6. The Kier molecular flexibility index (Phi) is 9.20. The number of hydrogen-bond donors (Lipinski definition) is 0. The van der Waals surface area contributed by atoms with Gasteiger partial charge in [-0.25, -0.2) is 15.0 Å². The van der Waals surface area contributed by atoms with E-state index in [0.29, 0.717) is 17.5 Å². The summed E-state index contributed by atoms with van der Waals surface area (Å²) in [4.78, 5) is 15.0. The van der Waals surface area contributed by atoms with E-state index in [2.05, 4.69) is 196 Å². The fraction of sp³-hybridized carbons (Fsp3) is 0. The van der Waals surface area contributed by atoms with Crippen LogP contribution in [0.5, 0.6) is 0 Å². The van der Waals surface area contributed by atoms with E-state index < -0.39 is 0 Å². The number of benzene rings is 11. The van der Waals surface area contributed by atoms with Crippen LogP contribution in [0.25, 0.3) is 150 Å². The number of hydrogen-bond acceptors (Lipinski definition) is 4. The number of fused-ring (bicyclic) bond motifs is 12. The molecule has 0 spiro atoms. The van der Waals surface area contributed by atoms with Crippen LogP contribution in [0.3, 0.4) is 0 Å². The molecule has 0 saturated heterocycles. The Morgan fingerprint density at radius 1 is 0.224 bits per heavy atom. The first-order chi connectivity index (χ1) is 37.7. The molecule has 0 amide bonds. The fourth-order valence-corrected chi connectivity index (χ4v) is 11.8. The SMILES string of the molecule is c1ccc(-c2nc(-c3ccccc3)nc(-c3ccc4oc5ccc(-n6c7ccccc7c7cc(-c8ccc9c(c8)c8cc(-n%10c%11ccccc%11c%11ccccc%11%10)ccc8n9-c8ccccc8)ccc76)cc5c4c3)n2)cc1. The first-order valence-electron chi connectivity index (χ1n) is 25.7. The van der Waals surface area contributed by atoms with Gasteiger partial charge in [0.25, 0.3) is 0 Å². The standard InChI is InChI=1S/C69H42N6O/c1-4-16-43(17-5-1)67-70-68(44-18-6-2-7-19-44)72-69(71-67)47-30-36-65-57(40-47)58-42-50(32-37-66(58)76-65)75-61-27-15-12-24-53(61)54-38-45(28-33-62(54)75)46-29-34-63-55(39-46)56-41-49(31-35-64(56)73(63)48-20-8-3-9-21-48)74-59-25-13-10-22-51(59)52-23-11-14-26-60(52)74/h1-42H. The van der Waals surface area contributed by atoms with E-state index in [9.17, 15) is 0 Å². The Morgan fingerprint density at radius 2 is 0.566 bits per heavy atom. The van der Waals surface area contributed by atoms with E-state index >= 15 is 0 Å². The molecule has 354 valence electrons. The van der Waals surface area contributed by atoms with E-state index in [1.54, 1.807) is 0 Å². The summed E-state index contributed by atoms with van der Waals surface area (Å²) < 4.78 is 13.7. The molecule has 0 radical (unpaired) electrons. The number of rotatable bonds is 7. The van der Waals surface area contributed by atoms with Gasteiger partial charge >= 0.3 is 0 Å². The Morgan fingerprint density at radius 3 is 1.12 bits per heavy atom. The maximum absolute atomic E-state index is 6.52. The lowest BCUT2D eigenvalue weighted by Gasteiger charge is -2.10. The van der Waals surface area contributed by atoms with E-state index in [-0.39, 0.29) is 0 Å². The monoisotopic (exact) mass is 970 g/mol. The first kappa shape index (κ1) is 42.2. The normalized spacial score (nSPS) is 11.9. The molecule has 16 aromatic rings. The van der Waals surface area contributed by atoms with Crippen molar-refractivity contribution in [2.75, 3.05) is 0 Å². The zero-order valence-corrected chi connectivity index (χ0v) is 40.8. The number of furan rings is 1. The predicted octanol–water partition coefficient (Wildman–Crippen LogP) is 17.7. The summed E-state index contributed by atoms with van der Waals surface area (Å²) in [5, 5.41) is 9.29. The van der Waals surface area contributed by atoms with Crippen LogP contribution in [0.2, 0.25) is 0 Å². The molecule has 0 atom stereocenters. The van der Waals surface area contributed by atoms with E-state index in [1.165, 1.54) is 54.4 Å². The fourth-order valence-electron chi connectivity index (χ4n) is 11.8. The first-order valence-corrected chi connectivity index (χ1v) is 25.7. The Labute approximate surface area is 435 Å². The summed E-state index contributed by atoms with van der Waals surface area (Å²) in [5.74, 6) is 1.85. The predicted molar refractivity (Wildman–Crippen MR) is 312 cm³/mol. The van der Waals surface area contributed by atoms with Crippen molar-refractivity contribution in [1.29, 1.82) is 0 Å². The van der Waals surface area contributed by atoms with Gasteiger partial charge in [0, 0.05) is 76.8 Å². The van der Waals surface area contributed by atoms with Gasteiger partial charge in [0.1, 0.15) is 11.2 Å². The molecule has 0 aliphatic carbocycles. The lowest BCUT2D eigenvalue weighted by Crippen LogP contribution is -2.00. The average molecular weight is 971 g/mol. The number of aromatic nitrogens is 6. The lowest BCUT2D eigenvalue weighted by atomic mass is 10.0. The van der Waals surface area contributed by atoms with Crippen molar-refractivity contribution in [2.45, 2.75) is 0 Å². The van der Waals surface area contributed by atoms with Gasteiger partial charge in [-0.15, -0.1) is 0 Å². The minimum absolute atomic E-state index is 0.601. The lowest BCUT2D eigenvalue weighted by molar-refractivity contribution is 0.669. The van der Waals surface area contributed by atoms with Gasteiger partial charge in [-0.1, -0.05) is 146 Å². The highest BCUT2D eigenvalue weighted by atomic mass is 16.3. The Bertz CT molecular complexity index is 4880. The summed E-state index contributed by atoms with van der Waals surface area (Å²) in [5.41, 5.74) is 17.0. The molecule has 0 bridgehead atoms. The average Bonchev–Trinajstić information content (AvgIpc) is 4.31. The van der Waals surface area contributed by atoms with Crippen LogP contribution in [-0.4, -0.2) is 28.7 Å². The van der Waals surface area contributed by atoms with Crippen molar-refractivity contribution in [3.63, 3.8) is 0 Å². The van der Waals surface area contributed by atoms with Crippen LogP contribution in [0.15, 0.2) is 259 Å². The highest BCUT2D eigenvalue weighted by Gasteiger charge is 2.21. The molecule has 16 rings (SSSR count). The Balaban J connectivity index is 0.832. The molecule has 0 unspecified atom stereocenters. The second-order valence-electron chi connectivity index (χ2n) is 19.6. The maximum atomic E-state index is 6.52. The van der Waals surface area contributed by atoms with Crippen LogP contribution >= 0.6 is 0 Å². The van der Waals surface area contributed by atoms with Gasteiger partial charge in [-0.2, -0.15) is 0 Å². The molecule has 7 nitrogen and oxygen atoms in total. The van der Waals surface area contributed by atoms with Crippen LogP contribution in [0.4, 0.5) is 0 Å². The van der Waals surface area contributed by atoms with Gasteiger partial charge in [0.15, 0.2) is 17.5 Å². The Hall–Kier alpha value is -10.4. The molecular formula is C69H42N6O. The van der Waals surface area contributed by atoms with Gasteiger partial charge in [0.05, 0.1) is 33.1 Å². The third-order valence-corrected chi connectivity index (χ3v) is 15.3. The van der Waals surface area contributed by atoms with Crippen molar-refractivity contribution in [3.05, 3.63) is 255 Å². The zero-order chi connectivity index (χ0) is 49.8. The number of nitrogens with zero attached hydrogens (tertiary/aromatic N) is 6. The van der Waals surface area contributed by atoms with Gasteiger partial charge < -0.3 is 18.1 Å². The molecule has 0 aliphatic rings. The topological polar surface area (TPSA) is 66.6 Å². The summed E-state index contributed by atoms with van der Waals surface area (Å²) in [6, 6.07) is 90.7. The minimum Gasteiger partial charge on any atom is -0.456 e. The molecule has 5 heterocycles. The molecule has 0 N–H and O–H groups in total. The van der Waals surface area contributed by atoms with E-state index in [1.807, 2.05) is 72.8 Å². The highest BCUT2D eigenvalue weighted by Crippen LogP contribution is 2.42. The quantitative estimate of drug-likeness (QED) is 0.160. The zero-order valence-electron chi connectivity index (χ0n) is 40.8. The summed E-state index contributed by atoms with van der Waals surface area (Å²) in [7, 11) is 0. The van der Waals surface area contributed by atoms with Gasteiger partial charge in [-0.05, 0) is 120 Å². The smallest absolute Gasteiger partial charge is 0.164 e. The van der Waals surface area contributed by atoms with Gasteiger partial charge in [0.2, 0.25) is 0 Å². The third-order valence-electron chi connectivity index (χ3n) is 15.3. The minimum atomic E-state index is 0.601. The summed E-state index contributed by atoms with van der Waals surface area (Å²) in [6.45, 7) is 0. The second-order valence-corrected chi connectivity index (χ2v) is 19.6. The third kappa shape index (κ3) is 6.52. The van der Waals surface area contributed by atoms with Crippen molar-refractivity contribution in [3.8, 4) is 62.4 Å². The molecule has 0 fully saturated rings. The molecule has 76 heavy (non-hydrogen) atoms. The molecule has 0 aliphatic heterocycles. The highest BCUT2D eigenvalue weighted by molar-refractivity contribution is 6.15. The van der Waals surface area contributed by atoms with Crippen molar-refractivity contribution >= 4 is 87.4 Å². The van der Waals surface area contributed by atoms with Crippen LogP contribution in [-0.2, 0) is 0 Å². The molecule has 11 aromatic carbocycles. The molecule has 0 saturated carbocycles. The van der Waals surface area contributed by atoms with Crippen LogP contribution in [0.1, 0.15) is 0 Å². The van der Waals surface area contributed by atoms with Crippen molar-refractivity contribution in [2.24, 2.45) is 0 Å². The van der Waals surface area contributed by atoms with E-state index in [0.717, 1.165) is 77.9 Å². The molecular weight excluding hydrogens is 929 g/mol. The number of para-hydroxylation sites is 4. The summed E-state index contributed by atoms with van der Waals surface area (Å²) in [6.07, 6.45) is 0. The molecule has 5 aromatic heterocycles. The van der Waals surface area contributed by atoms with Crippen LogP contribution < -0.4 is 0 Å². The van der Waals surface area contributed by atoms with Crippen molar-refractivity contribution in [1.82, 2.24) is 28.7 Å². The van der Waals surface area contributed by atoms with Gasteiger partial charge in [-0.3, -0.25) is 0 Å². The summed E-state index contributed by atoms with van der Waals surface area (Å²) >= 11 is 0. The molecule has 7 heteroatoms. The largest absolute Gasteiger partial charge is 0.456 e. The van der Waals surface area contributed by atoms with E-state index in [4.69, 9.17) is 19.4 Å². The maximum Gasteiger partial charge on any atom is 0.164 e.